The van der Waals surface area contributed by atoms with Gasteiger partial charge >= 0.3 is 0 Å². The van der Waals surface area contributed by atoms with Crippen LogP contribution in [0.5, 0.6) is 0 Å². The third kappa shape index (κ3) is 2.10. The van der Waals surface area contributed by atoms with Crippen LogP contribution in [0.1, 0.15) is 25.8 Å². The van der Waals surface area contributed by atoms with E-state index >= 15 is 0 Å². The molecule has 2 heteroatoms. The van der Waals surface area contributed by atoms with Crippen LogP contribution in [0.25, 0.3) is 0 Å². The summed E-state index contributed by atoms with van der Waals surface area (Å²) in [5, 5.41) is 9.16. The molecular weight excluding hydrogens is 196 g/mol. The van der Waals surface area contributed by atoms with Crippen molar-refractivity contribution >= 4 is 0 Å². The molecule has 1 fully saturated rings. The average Bonchev–Trinajstić information content (AvgIpc) is 2.58. The van der Waals surface area contributed by atoms with Crippen LogP contribution >= 0.6 is 0 Å². The summed E-state index contributed by atoms with van der Waals surface area (Å²) in [4.78, 5) is 2.32. The van der Waals surface area contributed by atoms with E-state index < -0.39 is 0 Å². The van der Waals surface area contributed by atoms with Gasteiger partial charge in [-0.1, -0.05) is 37.3 Å². The summed E-state index contributed by atoms with van der Waals surface area (Å²) in [6, 6.07) is 13.4. The zero-order valence-electron chi connectivity index (χ0n) is 9.93. The monoisotopic (exact) mass is 214 g/mol. The first-order valence-corrected chi connectivity index (χ1v) is 5.91. The van der Waals surface area contributed by atoms with Gasteiger partial charge in [0.25, 0.3) is 0 Å². The predicted molar refractivity (Wildman–Crippen MR) is 64.6 cm³/mol. The molecule has 1 aromatic carbocycles. The molecule has 2 rings (SSSR count). The van der Waals surface area contributed by atoms with E-state index in [1.165, 1.54) is 5.56 Å². The van der Waals surface area contributed by atoms with E-state index in [2.05, 4.69) is 49.1 Å². The largest absolute Gasteiger partial charge is 0.281 e. The van der Waals surface area contributed by atoms with E-state index in [9.17, 15) is 0 Å². The lowest BCUT2D eigenvalue weighted by Crippen LogP contribution is -2.34. The maximum Gasteiger partial charge on any atom is 0.0986 e. The van der Waals surface area contributed by atoms with Gasteiger partial charge in [0.15, 0.2) is 0 Å². The van der Waals surface area contributed by atoms with Gasteiger partial charge < -0.3 is 0 Å². The summed E-state index contributed by atoms with van der Waals surface area (Å²) in [5.41, 5.74) is 1.30. The minimum Gasteiger partial charge on any atom is -0.281 e. The Morgan fingerprint density at radius 1 is 1.31 bits per heavy atom. The van der Waals surface area contributed by atoms with Gasteiger partial charge in [0, 0.05) is 12.6 Å². The number of hydrogen-bond acceptors (Lipinski definition) is 2. The molecule has 1 unspecified atom stereocenters. The molecule has 0 bridgehead atoms. The summed E-state index contributed by atoms with van der Waals surface area (Å²) in [6.07, 6.45) is 1.00. The molecule has 0 aliphatic carbocycles. The van der Waals surface area contributed by atoms with Crippen molar-refractivity contribution in [1.29, 1.82) is 5.26 Å². The zero-order valence-corrected chi connectivity index (χ0v) is 9.93. The first kappa shape index (κ1) is 11.2. The molecule has 0 radical (unpaired) electrons. The fraction of sp³-hybridized carbons (Fsp3) is 0.500. The van der Waals surface area contributed by atoms with Crippen molar-refractivity contribution < 1.29 is 0 Å². The maximum atomic E-state index is 9.16. The second-order valence-corrected chi connectivity index (χ2v) is 4.76. The van der Waals surface area contributed by atoms with Crippen LogP contribution in [0.4, 0.5) is 0 Å². The number of nitrogens with zero attached hydrogens (tertiary/aromatic N) is 2. The quantitative estimate of drug-likeness (QED) is 0.757. The van der Waals surface area contributed by atoms with Crippen LogP contribution in [-0.2, 0) is 6.54 Å². The Labute approximate surface area is 97.5 Å². The topological polar surface area (TPSA) is 27.0 Å². The van der Waals surface area contributed by atoms with Gasteiger partial charge in [-0.25, -0.2) is 0 Å². The normalized spacial score (nSPS) is 30.2. The highest BCUT2D eigenvalue weighted by Crippen LogP contribution is 2.30. The van der Waals surface area contributed by atoms with Gasteiger partial charge in [0.2, 0.25) is 0 Å². The van der Waals surface area contributed by atoms with E-state index in [-0.39, 0.29) is 6.04 Å². The molecule has 1 aliphatic heterocycles. The summed E-state index contributed by atoms with van der Waals surface area (Å²) >= 11 is 0. The fourth-order valence-corrected chi connectivity index (χ4v) is 2.47. The smallest absolute Gasteiger partial charge is 0.0986 e. The van der Waals surface area contributed by atoms with Crippen LogP contribution in [0, 0.1) is 17.2 Å². The fourth-order valence-electron chi connectivity index (χ4n) is 2.47. The number of rotatable bonds is 2. The number of likely N-dealkylation sites (tertiary alicyclic amines) is 1. The number of nitriles is 1. The molecule has 1 heterocycles. The van der Waals surface area contributed by atoms with E-state index in [4.69, 9.17) is 5.26 Å². The first-order valence-electron chi connectivity index (χ1n) is 5.91. The highest BCUT2D eigenvalue weighted by Gasteiger charge is 2.35. The van der Waals surface area contributed by atoms with Crippen molar-refractivity contribution in [3.63, 3.8) is 0 Å². The Morgan fingerprint density at radius 3 is 2.62 bits per heavy atom. The van der Waals surface area contributed by atoms with Crippen LogP contribution in [0.3, 0.4) is 0 Å². The molecule has 1 aliphatic rings. The minimum absolute atomic E-state index is 0.0882. The standard InChI is InChI=1S/C14H18N2/c1-11-8-14(9-15)16(12(11)2)10-13-6-4-3-5-7-13/h3-7,11-12,14H,8,10H2,1-2H3/t11-,12?,14-/m0/s1. The Balaban J connectivity index is 2.12. The molecule has 0 spiro atoms. The van der Waals surface area contributed by atoms with Crippen molar-refractivity contribution in [3.8, 4) is 6.07 Å². The van der Waals surface area contributed by atoms with Crippen LogP contribution < -0.4 is 0 Å². The van der Waals surface area contributed by atoms with Crippen molar-refractivity contribution in [2.45, 2.75) is 38.9 Å². The highest BCUT2D eigenvalue weighted by molar-refractivity contribution is 5.16. The Morgan fingerprint density at radius 2 is 2.00 bits per heavy atom. The molecule has 1 aromatic rings. The number of hydrogen-bond donors (Lipinski definition) is 0. The molecule has 3 atom stereocenters. The maximum absolute atomic E-state index is 9.16. The predicted octanol–water partition coefficient (Wildman–Crippen LogP) is 2.81. The van der Waals surface area contributed by atoms with Crippen LogP contribution in [0.2, 0.25) is 0 Å². The van der Waals surface area contributed by atoms with Gasteiger partial charge in [-0.3, -0.25) is 4.90 Å². The lowest BCUT2D eigenvalue weighted by molar-refractivity contribution is 0.211. The van der Waals surface area contributed by atoms with E-state index in [1.807, 2.05) is 6.07 Å². The summed E-state index contributed by atoms with van der Waals surface area (Å²) in [6.45, 7) is 5.36. The van der Waals surface area contributed by atoms with Gasteiger partial charge in [-0.15, -0.1) is 0 Å². The van der Waals surface area contributed by atoms with Crippen molar-refractivity contribution in [2.24, 2.45) is 5.92 Å². The van der Waals surface area contributed by atoms with Gasteiger partial charge in [-0.05, 0) is 24.8 Å². The van der Waals surface area contributed by atoms with E-state index in [0.29, 0.717) is 12.0 Å². The second kappa shape index (κ2) is 4.67. The van der Waals surface area contributed by atoms with Crippen molar-refractivity contribution in [1.82, 2.24) is 4.90 Å². The van der Waals surface area contributed by atoms with Crippen molar-refractivity contribution in [3.05, 3.63) is 35.9 Å². The first-order chi connectivity index (χ1) is 7.72. The molecule has 1 saturated heterocycles. The van der Waals surface area contributed by atoms with Crippen LogP contribution in [-0.4, -0.2) is 17.0 Å². The van der Waals surface area contributed by atoms with Gasteiger partial charge in [0.1, 0.15) is 0 Å². The zero-order chi connectivity index (χ0) is 11.5. The summed E-state index contributed by atoms with van der Waals surface area (Å²) in [7, 11) is 0. The molecular formula is C14H18N2. The van der Waals surface area contributed by atoms with E-state index in [1.54, 1.807) is 0 Å². The molecule has 0 aromatic heterocycles. The molecule has 16 heavy (non-hydrogen) atoms. The Bertz CT molecular complexity index is 379. The van der Waals surface area contributed by atoms with Crippen LogP contribution in [0.15, 0.2) is 30.3 Å². The molecule has 0 N–H and O–H groups in total. The molecule has 2 nitrogen and oxygen atoms in total. The molecule has 0 amide bonds. The summed E-state index contributed by atoms with van der Waals surface area (Å²) in [5.74, 6) is 0.619. The van der Waals surface area contributed by atoms with Gasteiger partial charge in [0.05, 0.1) is 12.1 Å². The highest BCUT2D eigenvalue weighted by atomic mass is 15.2. The molecule has 0 saturated carbocycles. The van der Waals surface area contributed by atoms with Gasteiger partial charge in [-0.2, -0.15) is 5.26 Å². The second-order valence-electron chi connectivity index (χ2n) is 4.76. The lowest BCUT2D eigenvalue weighted by atomic mass is 10.0. The third-order valence-electron chi connectivity index (χ3n) is 3.70. The average molecular weight is 214 g/mol. The minimum atomic E-state index is 0.0882. The summed E-state index contributed by atoms with van der Waals surface area (Å²) < 4.78 is 0. The lowest BCUT2D eigenvalue weighted by Gasteiger charge is -2.25. The number of benzene rings is 1. The van der Waals surface area contributed by atoms with Crippen molar-refractivity contribution in [2.75, 3.05) is 0 Å². The van der Waals surface area contributed by atoms with E-state index in [0.717, 1.165) is 13.0 Å². The molecule has 84 valence electrons. The third-order valence-corrected chi connectivity index (χ3v) is 3.70. The Kier molecular flexibility index (Phi) is 3.26. The Hall–Kier alpha value is -1.33. The SMILES string of the molecule is CC1[C@@H](C)C[C@@H](C#N)N1Cc1ccccc1.